The Morgan fingerprint density at radius 1 is 1.00 bits per heavy atom. The quantitative estimate of drug-likeness (QED) is 0.331. The van der Waals surface area contributed by atoms with Crippen molar-refractivity contribution in [1.82, 2.24) is 0 Å². The molecule has 2 aliphatic rings. The van der Waals surface area contributed by atoms with Crippen molar-refractivity contribution in [1.29, 1.82) is 0 Å². The van der Waals surface area contributed by atoms with E-state index >= 15 is 0 Å². The smallest absolute Gasteiger partial charge is 0.303 e. The first-order valence-electron chi connectivity index (χ1n) is 13.1. The normalized spacial score (nSPS) is 16.9. The summed E-state index contributed by atoms with van der Waals surface area (Å²) >= 11 is 0. The molecule has 0 spiro atoms. The Labute approximate surface area is 217 Å². The van der Waals surface area contributed by atoms with Gasteiger partial charge in [-0.1, -0.05) is 24.3 Å². The summed E-state index contributed by atoms with van der Waals surface area (Å²) in [5, 5.41) is 9.33. The number of carboxylic acids is 1. The van der Waals surface area contributed by atoms with Crippen LogP contribution in [-0.4, -0.2) is 37.9 Å². The van der Waals surface area contributed by atoms with E-state index in [0.717, 1.165) is 72.6 Å². The number of piperidine rings is 1. The molecule has 0 aromatic heterocycles. The Morgan fingerprint density at radius 2 is 1.78 bits per heavy atom. The molecule has 194 valence electrons. The van der Waals surface area contributed by atoms with Gasteiger partial charge in [-0.3, -0.25) is 4.79 Å². The molecule has 3 aromatic rings. The highest BCUT2D eigenvalue weighted by Gasteiger charge is 2.34. The molecule has 1 unspecified atom stereocenters. The molecule has 1 saturated carbocycles. The van der Waals surface area contributed by atoms with Gasteiger partial charge in [0, 0.05) is 30.4 Å². The second kappa shape index (κ2) is 11.2. The molecular weight excluding hydrogens is 469 g/mol. The van der Waals surface area contributed by atoms with Crippen molar-refractivity contribution in [2.24, 2.45) is 11.8 Å². The molecule has 1 saturated heterocycles. The van der Waals surface area contributed by atoms with Crippen LogP contribution in [0, 0.1) is 17.7 Å². The summed E-state index contributed by atoms with van der Waals surface area (Å²) in [6.45, 7) is 2.40. The lowest BCUT2D eigenvalue weighted by atomic mass is 9.91. The van der Waals surface area contributed by atoms with E-state index in [1.807, 2.05) is 48.5 Å². The molecule has 5 nitrogen and oxygen atoms in total. The molecule has 6 heteroatoms. The lowest BCUT2D eigenvalue weighted by molar-refractivity contribution is -0.137. The number of carbonyl (C=O) groups is 1. The summed E-state index contributed by atoms with van der Waals surface area (Å²) in [6.07, 6.45) is 4.37. The summed E-state index contributed by atoms with van der Waals surface area (Å²) in [5.41, 5.74) is 3.98. The van der Waals surface area contributed by atoms with Crippen LogP contribution in [0.2, 0.25) is 0 Å². The third-order valence-corrected chi connectivity index (χ3v) is 7.65. The van der Waals surface area contributed by atoms with Crippen LogP contribution in [-0.2, 0) is 4.79 Å². The van der Waals surface area contributed by atoms with Crippen LogP contribution < -0.4 is 14.4 Å². The van der Waals surface area contributed by atoms with Crippen LogP contribution in [0.3, 0.4) is 0 Å². The van der Waals surface area contributed by atoms with Crippen LogP contribution in [0.25, 0.3) is 11.1 Å². The third-order valence-electron chi connectivity index (χ3n) is 7.65. The summed E-state index contributed by atoms with van der Waals surface area (Å²) in [6, 6.07) is 20.7. The molecule has 2 fully saturated rings. The number of carboxylic acid groups (broad SMARTS) is 1. The number of rotatable bonds is 10. The zero-order valence-electron chi connectivity index (χ0n) is 21.2. The van der Waals surface area contributed by atoms with E-state index in [4.69, 9.17) is 9.47 Å². The molecule has 1 atom stereocenters. The van der Waals surface area contributed by atoms with Crippen LogP contribution in [0.4, 0.5) is 10.1 Å². The van der Waals surface area contributed by atoms with Gasteiger partial charge in [0.2, 0.25) is 0 Å². The summed E-state index contributed by atoms with van der Waals surface area (Å²) in [5.74, 6) is 1.59. The van der Waals surface area contributed by atoms with Crippen molar-refractivity contribution in [2.45, 2.75) is 38.0 Å². The first-order chi connectivity index (χ1) is 18.0. The second-order valence-corrected chi connectivity index (χ2v) is 10.2. The predicted molar refractivity (Wildman–Crippen MR) is 143 cm³/mol. The van der Waals surface area contributed by atoms with Gasteiger partial charge in [-0.25, -0.2) is 4.39 Å². The second-order valence-electron chi connectivity index (χ2n) is 10.2. The molecule has 1 aliphatic heterocycles. The molecular formula is C31H34FNO4. The highest BCUT2D eigenvalue weighted by atomic mass is 19.1. The molecule has 1 heterocycles. The molecule has 0 bridgehead atoms. The Hall–Kier alpha value is -3.54. The molecule has 5 rings (SSSR count). The third kappa shape index (κ3) is 6.24. The van der Waals surface area contributed by atoms with Crippen molar-refractivity contribution < 1.29 is 23.8 Å². The summed E-state index contributed by atoms with van der Waals surface area (Å²) in [7, 11) is 1.66. The highest BCUT2D eigenvalue weighted by molar-refractivity contribution is 5.80. The van der Waals surface area contributed by atoms with E-state index in [-0.39, 0.29) is 18.2 Å². The summed E-state index contributed by atoms with van der Waals surface area (Å²) in [4.78, 5) is 13.7. The summed E-state index contributed by atoms with van der Waals surface area (Å²) < 4.78 is 25.6. The van der Waals surface area contributed by atoms with Gasteiger partial charge in [-0.05, 0) is 91.0 Å². The number of halogens is 1. The first kappa shape index (κ1) is 25.1. The van der Waals surface area contributed by atoms with E-state index in [0.29, 0.717) is 18.4 Å². The highest BCUT2D eigenvalue weighted by Crippen LogP contribution is 2.45. The minimum absolute atomic E-state index is 0.0689. The van der Waals surface area contributed by atoms with Gasteiger partial charge in [0.25, 0.3) is 0 Å². The number of methoxy groups -OCH3 is 1. The fourth-order valence-electron chi connectivity index (χ4n) is 5.43. The average molecular weight is 504 g/mol. The number of hydrogen-bond donors (Lipinski definition) is 1. The van der Waals surface area contributed by atoms with Crippen LogP contribution in [0.5, 0.6) is 11.5 Å². The number of nitrogens with zero attached hydrogens (tertiary/aromatic N) is 1. The SMILES string of the molecule is COc1ccc(-c2cccc(F)c2)c(N2CCC(COc3cccc(C(CC(=O)O)C4CC4)c3)CC2)c1. The van der Waals surface area contributed by atoms with Crippen molar-refractivity contribution in [3.63, 3.8) is 0 Å². The largest absolute Gasteiger partial charge is 0.497 e. The van der Waals surface area contributed by atoms with Gasteiger partial charge in [0.05, 0.1) is 20.1 Å². The topological polar surface area (TPSA) is 59.0 Å². The van der Waals surface area contributed by atoms with Gasteiger partial charge >= 0.3 is 5.97 Å². The van der Waals surface area contributed by atoms with Crippen molar-refractivity contribution in [3.05, 3.63) is 78.1 Å². The maximum atomic E-state index is 13.9. The van der Waals surface area contributed by atoms with Gasteiger partial charge < -0.3 is 19.5 Å². The molecule has 37 heavy (non-hydrogen) atoms. The molecule has 0 radical (unpaired) electrons. The van der Waals surface area contributed by atoms with E-state index in [9.17, 15) is 14.3 Å². The van der Waals surface area contributed by atoms with Crippen LogP contribution in [0.15, 0.2) is 66.7 Å². The van der Waals surface area contributed by atoms with Crippen LogP contribution in [0.1, 0.15) is 43.6 Å². The van der Waals surface area contributed by atoms with Gasteiger partial charge in [0.1, 0.15) is 17.3 Å². The number of hydrogen-bond acceptors (Lipinski definition) is 4. The zero-order chi connectivity index (χ0) is 25.8. The van der Waals surface area contributed by atoms with Gasteiger partial charge in [0.15, 0.2) is 0 Å². The van der Waals surface area contributed by atoms with E-state index < -0.39 is 5.97 Å². The maximum Gasteiger partial charge on any atom is 0.303 e. The lowest BCUT2D eigenvalue weighted by Crippen LogP contribution is -2.35. The Balaban J connectivity index is 1.22. The Morgan fingerprint density at radius 3 is 2.49 bits per heavy atom. The van der Waals surface area contributed by atoms with Crippen molar-refractivity contribution in [3.8, 4) is 22.6 Å². The molecule has 1 aliphatic carbocycles. The van der Waals surface area contributed by atoms with E-state index in [1.54, 1.807) is 19.2 Å². The lowest BCUT2D eigenvalue weighted by Gasteiger charge is -2.35. The monoisotopic (exact) mass is 503 g/mol. The standard InChI is InChI=1S/C31H34FNO4/c1-36-26-10-11-28(23-4-2-6-25(32)16-23)30(18-26)33-14-12-21(13-15-33)20-37-27-7-3-5-24(17-27)29(19-31(34)35)22-8-9-22/h2-7,10-11,16-18,21-22,29H,8-9,12-15,19-20H2,1H3,(H,34,35). The average Bonchev–Trinajstić information content (AvgIpc) is 3.76. The molecule has 1 N–H and O–H groups in total. The number of anilines is 1. The minimum Gasteiger partial charge on any atom is -0.497 e. The van der Waals surface area contributed by atoms with E-state index in [2.05, 4.69) is 4.90 Å². The van der Waals surface area contributed by atoms with Crippen molar-refractivity contribution >= 4 is 11.7 Å². The fraction of sp³-hybridized carbons (Fsp3) is 0.387. The van der Waals surface area contributed by atoms with E-state index in [1.165, 1.54) is 6.07 Å². The maximum absolute atomic E-state index is 13.9. The predicted octanol–water partition coefficient (Wildman–Crippen LogP) is 6.77. The zero-order valence-corrected chi connectivity index (χ0v) is 21.2. The first-order valence-corrected chi connectivity index (χ1v) is 13.1. The molecule has 0 amide bonds. The number of benzene rings is 3. The van der Waals surface area contributed by atoms with Gasteiger partial charge in [-0.2, -0.15) is 0 Å². The van der Waals surface area contributed by atoms with Crippen molar-refractivity contribution in [2.75, 3.05) is 31.7 Å². The molecule has 3 aromatic carbocycles. The number of ether oxygens (including phenoxy) is 2. The fourth-order valence-corrected chi connectivity index (χ4v) is 5.43. The van der Waals surface area contributed by atoms with Gasteiger partial charge in [-0.15, -0.1) is 0 Å². The Bertz CT molecular complexity index is 1230. The number of aliphatic carboxylic acids is 1. The van der Waals surface area contributed by atoms with Crippen LogP contribution >= 0.6 is 0 Å². The Kier molecular flexibility index (Phi) is 7.63. The minimum atomic E-state index is -0.744.